The molecule has 1 aromatic rings. The fraction of sp³-hybridized carbons (Fsp3) is 0.467. The van der Waals surface area contributed by atoms with Gasteiger partial charge in [-0.15, -0.1) is 0 Å². The van der Waals surface area contributed by atoms with Crippen LogP contribution in [0.15, 0.2) is 6.07 Å². The van der Waals surface area contributed by atoms with E-state index in [0.29, 0.717) is 9.32 Å². The van der Waals surface area contributed by atoms with Crippen LogP contribution in [0.3, 0.4) is 0 Å². The number of fused-ring (bicyclic) bond motifs is 4. The molecule has 4 unspecified atom stereocenters. The molecule has 3 aliphatic rings. The van der Waals surface area contributed by atoms with Crippen molar-refractivity contribution in [2.45, 2.75) is 42.2 Å². The number of rotatable bonds is 3. The third kappa shape index (κ3) is 3.50. The van der Waals surface area contributed by atoms with E-state index in [2.05, 4.69) is 49.9 Å². The van der Waals surface area contributed by atoms with Crippen molar-refractivity contribution in [3.63, 3.8) is 0 Å². The van der Waals surface area contributed by atoms with Gasteiger partial charge in [0, 0.05) is 13.6 Å². The fourth-order valence-corrected chi connectivity index (χ4v) is 5.92. The maximum absolute atomic E-state index is 13.4. The lowest BCUT2D eigenvalue weighted by atomic mass is 9.90. The molecular formula is C15H9F2I3O9S. The summed E-state index contributed by atoms with van der Waals surface area (Å²) in [6.07, 6.45) is -3.40. The molecule has 4 atom stereocenters. The molecule has 4 rings (SSSR count). The van der Waals surface area contributed by atoms with Gasteiger partial charge in [-0.25, -0.2) is 9.59 Å². The molecule has 2 saturated heterocycles. The number of ether oxygens (including phenoxy) is 4. The maximum Gasteiger partial charge on any atom is 0.465 e. The van der Waals surface area contributed by atoms with E-state index in [9.17, 15) is 26.8 Å². The zero-order chi connectivity index (χ0) is 22.2. The molecule has 0 radical (unpaired) electrons. The summed E-state index contributed by atoms with van der Waals surface area (Å²) in [6.45, 7) is 0. The minimum absolute atomic E-state index is 0.114. The smallest absolute Gasteiger partial charge is 0.454 e. The second-order valence-corrected chi connectivity index (χ2v) is 11.5. The molecule has 3 heterocycles. The van der Waals surface area contributed by atoms with Gasteiger partial charge in [0.1, 0.15) is 23.9 Å². The van der Waals surface area contributed by atoms with Crippen LogP contribution in [0, 0.1) is 10.7 Å². The highest BCUT2D eigenvalue weighted by molar-refractivity contribution is 14.1. The maximum atomic E-state index is 13.4. The Morgan fingerprint density at radius 1 is 1.27 bits per heavy atom. The van der Waals surface area contributed by atoms with Crippen LogP contribution >= 0.6 is 67.8 Å². The van der Waals surface area contributed by atoms with Crippen LogP contribution in [0.5, 0.6) is 5.75 Å². The van der Waals surface area contributed by atoms with Crippen LogP contribution in [0.4, 0.5) is 8.78 Å². The summed E-state index contributed by atoms with van der Waals surface area (Å²) < 4.78 is 80.9. The number of benzene rings is 1. The lowest BCUT2D eigenvalue weighted by Crippen LogP contribution is -2.54. The molecule has 9 nitrogen and oxygen atoms in total. The third-order valence-corrected chi connectivity index (χ3v) is 10.8. The normalized spacial score (nSPS) is 30.1. The first-order valence-electron chi connectivity index (χ1n) is 8.08. The first kappa shape index (κ1) is 23.1. The average molecular weight is 784 g/mol. The summed E-state index contributed by atoms with van der Waals surface area (Å²) in [7, 11) is -5.98. The number of hydrogen-bond donors (Lipinski definition) is 1. The van der Waals surface area contributed by atoms with Crippen molar-refractivity contribution in [2.24, 2.45) is 0 Å². The van der Waals surface area contributed by atoms with E-state index in [1.54, 1.807) is 6.07 Å². The monoisotopic (exact) mass is 784 g/mol. The van der Waals surface area contributed by atoms with E-state index in [1.165, 1.54) is 0 Å². The molecule has 1 N–H and O–H groups in total. The van der Waals surface area contributed by atoms with Crippen LogP contribution in [-0.2, 0) is 29.1 Å². The molecule has 2 bridgehead atoms. The third-order valence-electron chi connectivity index (χ3n) is 4.87. The second-order valence-electron chi connectivity index (χ2n) is 6.71. The van der Waals surface area contributed by atoms with Gasteiger partial charge in [0.25, 0.3) is 5.79 Å². The van der Waals surface area contributed by atoms with Crippen molar-refractivity contribution in [3.8, 4) is 5.75 Å². The zero-order valence-electron chi connectivity index (χ0n) is 14.2. The molecule has 30 heavy (non-hydrogen) atoms. The predicted octanol–water partition coefficient (Wildman–Crippen LogP) is 2.70. The highest BCUT2D eigenvalue weighted by Crippen LogP contribution is 2.51. The van der Waals surface area contributed by atoms with E-state index < -0.39 is 51.4 Å². The molecule has 0 amide bonds. The van der Waals surface area contributed by atoms with Crippen LogP contribution in [0.1, 0.15) is 23.2 Å². The van der Waals surface area contributed by atoms with Crippen LogP contribution < -0.4 is 4.74 Å². The summed E-state index contributed by atoms with van der Waals surface area (Å²) in [6, 6.07) is 1.63. The number of alkyl halides is 2. The van der Waals surface area contributed by atoms with Crippen molar-refractivity contribution >= 4 is 89.8 Å². The number of hydrogen-bond acceptors (Lipinski definition) is 8. The molecule has 1 spiro atoms. The van der Waals surface area contributed by atoms with E-state index in [-0.39, 0.29) is 18.4 Å². The second kappa shape index (κ2) is 7.45. The summed E-state index contributed by atoms with van der Waals surface area (Å²) in [5.74, 6) is -4.24. The summed E-state index contributed by atoms with van der Waals surface area (Å²) in [5.41, 5.74) is 0.244. The summed E-state index contributed by atoms with van der Waals surface area (Å²) in [4.78, 5) is 24.1. The van der Waals surface area contributed by atoms with Crippen molar-refractivity contribution in [2.75, 3.05) is 0 Å². The molecule has 1 aromatic carbocycles. The van der Waals surface area contributed by atoms with Gasteiger partial charge in [-0.3, -0.25) is 4.55 Å². The number of halogens is 5. The van der Waals surface area contributed by atoms with Crippen LogP contribution in [0.25, 0.3) is 0 Å². The summed E-state index contributed by atoms with van der Waals surface area (Å²) in [5, 5.41) is -5.11. The Kier molecular flexibility index (Phi) is 5.73. The molecule has 164 valence electrons. The van der Waals surface area contributed by atoms with Gasteiger partial charge < -0.3 is 18.9 Å². The first-order chi connectivity index (χ1) is 13.8. The Hall–Kier alpha value is -0.120. The SMILES string of the molecule is O=C1OC2(CC3OC2CC3OC(=O)C(F)(F)S(=O)(=O)O)Oc2c1cc(I)c(I)c2I. The first-order valence-corrected chi connectivity index (χ1v) is 12.8. The van der Waals surface area contributed by atoms with Gasteiger partial charge in [0.2, 0.25) is 0 Å². The Bertz CT molecular complexity index is 1080. The lowest BCUT2D eigenvalue weighted by molar-refractivity contribution is -0.192. The molecule has 0 aliphatic carbocycles. The Morgan fingerprint density at radius 3 is 2.50 bits per heavy atom. The van der Waals surface area contributed by atoms with E-state index in [1.807, 2.05) is 22.6 Å². The van der Waals surface area contributed by atoms with Crippen LogP contribution in [0.2, 0.25) is 0 Å². The van der Waals surface area contributed by atoms with Crippen molar-refractivity contribution in [3.05, 3.63) is 22.3 Å². The minimum Gasteiger partial charge on any atom is -0.454 e. The molecule has 0 aromatic heterocycles. The molecule has 2 fully saturated rings. The van der Waals surface area contributed by atoms with Gasteiger partial charge in [0.05, 0.1) is 9.99 Å². The Balaban J connectivity index is 1.55. The van der Waals surface area contributed by atoms with Crippen LogP contribution in [-0.4, -0.2) is 54.3 Å². The van der Waals surface area contributed by atoms with Crippen molar-refractivity contribution in [1.29, 1.82) is 0 Å². The highest BCUT2D eigenvalue weighted by atomic mass is 127. The summed E-state index contributed by atoms with van der Waals surface area (Å²) >= 11 is 6.23. The molecule has 3 aliphatic heterocycles. The standard InChI is InChI=1S/C15H9F2I3O9S/c16-15(17,30(23,24)25)13(22)27-6-2-8-14(3-7(6)26-8)28-11-4(12(21)29-14)1-5(18)9(19)10(11)20/h1,6-8H,2-3H2,(H,23,24,25). The number of carbonyl (C=O) groups is 2. The minimum atomic E-state index is -5.98. The zero-order valence-corrected chi connectivity index (χ0v) is 21.5. The molecular weight excluding hydrogens is 775 g/mol. The predicted molar refractivity (Wildman–Crippen MR) is 118 cm³/mol. The number of esters is 2. The molecule has 0 saturated carbocycles. The quantitative estimate of drug-likeness (QED) is 0.213. The largest absolute Gasteiger partial charge is 0.465 e. The van der Waals surface area contributed by atoms with Gasteiger partial charge in [-0.05, 0) is 73.8 Å². The van der Waals surface area contributed by atoms with Gasteiger partial charge in [0.15, 0.2) is 5.75 Å². The highest BCUT2D eigenvalue weighted by Gasteiger charge is 2.65. The van der Waals surface area contributed by atoms with Crippen molar-refractivity contribution < 1.29 is 50.3 Å². The topological polar surface area (TPSA) is 125 Å². The van der Waals surface area contributed by atoms with Gasteiger partial charge in [-0.1, -0.05) is 0 Å². The van der Waals surface area contributed by atoms with Gasteiger partial charge in [-0.2, -0.15) is 17.2 Å². The molecule has 15 heteroatoms. The average Bonchev–Trinajstić information content (AvgIpc) is 3.17. The lowest BCUT2D eigenvalue weighted by Gasteiger charge is -2.40. The number of carbonyl (C=O) groups excluding carboxylic acids is 2. The van der Waals surface area contributed by atoms with E-state index >= 15 is 0 Å². The van der Waals surface area contributed by atoms with E-state index in [4.69, 9.17) is 18.8 Å². The van der Waals surface area contributed by atoms with Gasteiger partial charge >= 0.3 is 27.3 Å². The Labute approximate surface area is 208 Å². The van der Waals surface area contributed by atoms with Crippen molar-refractivity contribution in [1.82, 2.24) is 0 Å². The Morgan fingerprint density at radius 2 is 1.93 bits per heavy atom. The van der Waals surface area contributed by atoms with E-state index in [0.717, 1.165) is 7.14 Å². The fourth-order valence-electron chi connectivity index (χ4n) is 3.48.